The van der Waals surface area contributed by atoms with Crippen molar-refractivity contribution in [2.75, 3.05) is 51.2 Å². The van der Waals surface area contributed by atoms with E-state index in [2.05, 4.69) is 41.0 Å². The summed E-state index contributed by atoms with van der Waals surface area (Å²) in [5.74, 6) is 1.11. The molecule has 1 aliphatic rings. The zero-order valence-corrected chi connectivity index (χ0v) is 18.3. The molecule has 1 N–H and O–H groups in total. The molecule has 1 fully saturated rings. The lowest BCUT2D eigenvalue weighted by Gasteiger charge is -2.34. The van der Waals surface area contributed by atoms with Gasteiger partial charge in [-0.05, 0) is 32.4 Å². The number of amides is 2. The third kappa shape index (κ3) is 7.65. The van der Waals surface area contributed by atoms with Gasteiger partial charge in [0.25, 0.3) is 0 Å². The molecule has 0 aromatic carbocycles. The van der Waals surface area contributed by atoms with Crippen LogP contribution in [0.15, 0.2) is 18.3 Å². The van der Waals surface area contributed by atoms with Crippen LogP contribution in [0.3, 0.4) is 0 Å². The number of nitrogens with one attached hydrogen (secondary N) is 1. The van der Waals surface area contributed by atoms with Crippen LogP contribution < -0.4 is 10.2 Å². The Morgan fingerprint density at radius 3 is 2.45 bits per heavy atom. The van der Waals surface area contributed by atoms with Crippen molar-refractivity contribution in [3.8, 4) is 0 Å². The van der Waals surface area contributed by atoms with E-state index in [1.165, 1.54) is 0 Å². The van der Waals surface area contributed by atoms with Crippen molar-refractivity contribution < 1.29 is 9.59 Å². The zero-order chi connectivity index (χ0) is 21.1. The fraction of sp³-hybridized carbons (Fsp3) is 0.682. The van der Waals surface area contributed by atoms with E-state index >= 15 is 0 Å². The molecule has 2 heterocycles. The minimum atomic E-state index is -0.0106. The second kappa shape index (κ2) is 12.4. The topological polar surface area (TPSA) is 68.8 Å². The average Bonchev–Trinajstić information content (AvgIpc) is 2.73. The molecule has 0 spiro atoms. The molecular weight excluding hydrogens is 366 g/mol. The second-order valence-electron chi connectivity index (χ2n) is 7.79. The maximum absolute atomic E-state index is 12.3. The van der Waals surface area contributed by atoms with Gasteiger partial charge >= 0.3 is 0 Å². The first kappa shape index (κ1) is 23.1. The minimum absolute atomic E-state index is 0.0106. The van der Waals surface area contributed by atoms with Gasteiger partial charge in [-0.15, -0.1) is 0 Å². The Labute approximate surface area is 175 Å². The van der Waals surface area contributed by atoms with Gasteiger partial charge in [-0.3, -0.25) is 9.59 Å². The summed E-state index contributed by atoms with van der Waals surface area (Å²) in [6, 6.07) is 3.94. The molecule has 162 valence electrons. The van der Waals surface area contributed by atoms with Gasteiger partial charge in [0.15, 0.2) is 0 Å². The summed E-state index contributed by atoms with van der Waals surface area (Å²) in [6.07, 6.45) is 5.14. The minimum Gasteiger partial charge on any atom is -0.354 e. The van der Waals surface area contributed by atoms with Crippen LogP contribution in [0.25, 0.3) is 0 Å². The van der Waals surface area contributed by atoms with Crippen LogP contribution >= 0.6 is 0 Å². The van der Waals surface area contributed by atoms with Crippen LogP contribution in [0, 0.1) is 0 Å². The predicted molar refractivity (Wildman–Crippen MR) is 117 cm³/mol. The number of aromatic nitrogens is 1. The molecule has 0 unspecified atom stereocenters. The highest BCUT2D eigenvalue weighted by molar-refractivity contribution is 5.79. The van der Waals surface area contributed by atoms with Crippen molar-refractivity contribution in [1.82, 2.24) is 20.1 Å². The predicted octanol–water partition coefficient (Wildman–Crippen LogP) is 2.27. The van der Waals surface area contributed by atoms with Gasteiger partial charge in [0.05, 0.1) is 0 Å². The molecule has 1 aromatic heterocycles. The van der Waals surface area contributed by atoms with E-state index in [9.17, 15) is 9.59 Å². The average molecular weight is 404 g/mol. The van der Waals surface area contributed by atoms with E-state index in [1.807, 2.05) is 23.2 Å². The van der Waals surface area contributed by atoms with Crippen LogP contribution in [0.4, 0.5) is 5.82 Å². The van der Waals surface area contributed by atoms with Gasteiger partial charge in [-0.1, -0.05) is 19.9 Å². The molecule has 7 heteroatoms. The largest absolute Gasteiger partial charge is 0.354 e. The molecule has 2 rings (SSSR count). The van der Waals surface area contributed by atoms with Crippen LogP contribution in [-0.4, -0.2) is 72.9 Å². The first-order valence-corrected chi connectivity index (χ1v) is 11.0. The normalized spacial score (nSPS) is 14.7. The van der Waals surface area contributed by atoms with Gasteiger partial charge in [-0.25, -0.2) is 4.98 Å². The molecule has 0 atom stereocenters. The molecular formula is C22H37N5O2. The van der Waals surface area contributed by atoms with Crippen molar-refractivity contribution >= 4 is 17.6 Å². The summed E-state index contributed by atoms with van der Waals surface area (Å²) in [6.45, 7) is 10.2. The standard InChI is InChI=1S/C22H37N5O2/c1-4-12-26(13-5-2)21(29)10-6-9-20(28)24-18-19-8-7-11-23-22(19)27-16-14-25(3)15-17-27/h7-8,11H,4-6,9-10,12-18H2,1-3H3,(H,24,28). The monoisotopic (exact) mass is 403 g/mol. The lowest BCUT2D eigenvalue weighted by Crippen LogP contribution is -2.45. The van der Waals surface area contributed by atoms with Crippen molar-refractivity contribution in [2.24, 2.45) is 0 Å². The molecule has 0 radical (unpaired) electrons. The number of nitrogens with zero attached hydrogens (tertiary/aromatic N) is 4. The summed E-state index contributed by atoms with van der Waals surface area (Å²) in [7, 11) is 2.13. The number of anilines is 1. The Morgan fingerprint density at radius 2 is 1.79 bits per heavy atom. The highest BCUT2D eigenvalue weighted by atomic mass is 16.2. The number of carbonyl (C=O) groups excluding carboxylic acids is 2. The lowest BCUT2D eigenvalue weighted by molar-refractivity contribution is -0.131. The molecule has 1 aromatic rings. The molecule has 0 saturated carbocycles. The van der Waals surface area contributed by atoms with Gasteiger partial charge in [0, 0.05) is 70.4 Å². The van der Waals surface area contributed by atoms with E-state index in [1.54, 1.807) is 0 Å². The number of pyridine rings is 1. The first-order chi connectivity index (χ1) is 14.0. The van der Waals surface area contributed by atoms with E-state index in [0.29, 0.717) is 25.8 Å². The van der Waals surface area contributed by atoms with Gasteiger partial charge in [-0.2, -0.15) is 0 Å². The zero-order valence-electron chi connectivity index (χ0n) is 18.3. The summed E-state index contributed by atoms with van der Waals surface area (Å²) in [5, 5.41) is 3.00. The first-order valence-electron chi connectivity index (χ1n) is 11.0. The van der Waals surface area contributed by atoms with Gasteiger partial charge in [0.1, 0.15) is 5.82 Å². The highest BCUT2D eigenvalue weighted by Crippen LogP contribution is 2.18. The smallest absolute Gasteiger partial charge is 0.222 e. The molecule has 1 aliphatic heterocycles. The Hall–Kier alpha value is -2.15. The Balaban J connectivity index is 1.77. The van der Waals surface area contributed by atoms with Crippen LogP contribution in [-0.2, 0) is 16.1 Å². The summed E-state index contributed by atoms with van der Waals surface area (Å²) >= 11 is 0. The molecule has 29 heavy (non-hydrogen) atoms. The van der Waals surface area contributed by atoms with Crippen molar-refractivity contribution in [2.45, 2.75) is 52.5 Å². The Kier molecular flexibility index (Phi) is 9.91. The molecule has 2 amide bonds. The van der Waals surface area contributed by atoms with Crippen LogP contribution in [0.1, 0.15) is 51.5 Å². The molecule has 1 saturated heterocycles. The molecule has 0 bridgehead atoms. The van der Waals surface area contributed by atoms with Crippen LogP contribution in [0.5, 0.6) is 0 Å². The summed E-state index contributed by atoms with van der Waals surface area (Å²) in [5.41, 5.74) is 1.04. The van der Waals surface area contributed by atoms with E-state index < -0.39 is 0 Å². The number of likely N-dealkylation sites (N-methyl/N-ethyl adjacent to an activating group) is 1. The third-order valence-corrected chi connectivity index (χ3v) is 5.28. The quantitative estimate of drug-likeness (QED) is 0.614. The number of rotatable bonds is 11. The number of piperazine rings is 1. The van der Waals surface area contributed by atoms with Crippen molar-refractivity contribution in [1.29, 1.82) is 0 Å². The maximum atomic E-state index is 12.3. The highest BCUT2D eigenvalue weighted by Gasteiger charge is 2.18. The summed E-state index contributed by atoms with van der Waals surface area (Å²) in [4.78, 5) is 35.6. The van der Waals surface area contributed by atoms with E-state index in [0.717, 1.165) is 63.5 Å². The fourth-order valence-electron chi connectivity index (χ4n) is 3.61. The number of hydrogen-bond donors (Lipinski definition) is 1. The molecule has 0 aliphatic carbocycles. The number of hydrogen-bond acceptors (Lipinski definition) is 5. The Morgan fingerprint density at radius 1 is 1.10 bits per heavy atom. The van der Waals surface area contributed by atoms with E-state index in [-0.39, 0.29) is 11.8 Å². The van der Waals surface area contributed by atoms with Crippen LogP contribution in [0.2, 0.25) is 0 Å². The number of carbonyl (C=O) groups is 2. The van der Waals surface area contributed by atoms with Gasteiger partial charge in [0.2, 0.25) is 11.8 Å². The van der Waals surface area contributed by atoms with Crippen molar-refractivity contribution in [3.63, 3.8) is 0 Å². The van der Waals surface area contributed by atoms with Gasteiger partial charge < -0.3 is 20.0 Å². The summed E-state index contributed by atoms with van der Waals surface area (Å²) < 4.78 is 0. The third-order valence-electron chi connectivity index (χ3n) is 5.28. The SMILES string of the molecule is CCCN(CCC)C(=O)CCCC(=O)NCc1cccnc1N1CCN(C)CC1. The maximum Gasteiger partial charge on any atom is 0.222 e. The van der Waals surface area contributed by atoms with E-state index in [4.69, 9.17) is 0 Å². The second-order valence-corrected chi connectivity index (χ2v) is 7.79. The lowest BCUT2D eigenvalue weighted by atomic mass is 10.2. The molecule has 7 nitrogen and oxygen atoms in total. The fourth-order valence-corrected chi connectivity index (χ4v) is 3.61. The Bertz CT molecular complexity index is 638. The van der Waals surface area contributed by atoms with Crippen molar-refractivity contribution in [3.05, 3.63) is 23.9 Å².